The van der Waals surface area contributed by atoms with E-state index in [9.17, 15) is 62.9 Å². The minimum absolute atomic E-state index is 0.0123. The van der Waals surface area contributed by atoms with E-state index in [1.54, 1.807) is 110 Å². The molecule has 0 aliphatic carbocycles. The van der Waals surface area contributed by atoms with Crippen molar-refractivity contribution in [2.75, 3.05) is 54.4 Å². The topological polar surface area (TPSA) is 467 Å². The molecule has 145 heavy (non-hydrogen) atoms. The Hall–Kier alpha value is -13.7. The molecule has 5 amide bonds. The number of nitrogens with two attached hydrogens (primary N) is 1. The van der Waals surface area contributed by atoms with Crippen LogP contribution >= 0.6 is 47.8 Å². The Morgan fingerprint density at radius 2 is 0.876 bits per heavy atom. The van der Waals surface area contributed by atoms with Crippen LogP contribution in [0.4, 0.5) is 50.5 Å². The van der Waals surface area contributed by atoms with E-state index in [1.807, 2.05) is 169 Å². The maximum atomic E-state index is 15.3. The number of nitro groups is 1. The maximum Gasteiger partial charge on any atom is 0.496 e. The van der Waals surface area contributed by atoms with Crippen LogP contribution in [0, 0.1) is 45.5 Å². The van der Waals surface area contributed by atoms with Gasteiger partial charge in [-0.25, -0.2) is 9.37 Å². The van der Waals surface area contributed by atoms with Gasteiger partial charge in [-0.15, -0.1) is 0 Å². The van der Waals surface area contributed by atoms with E-state index in [2.05, 4.69) is 99.3 Å². The van der Waals surface area contributed by atoms with Gasteiger partial charge < -0.3 is 83.9 Å². The molecule has 17 heterocycles. The van der Waals surface area contributed by atoms with E-state index in [1.165, 1.54) is 42.8 Å². The standard InChI is InChI=1S/C34H35FN8O4.C22H32BN5O4.C16H20BrN5O2.C10H14N4O3.C10H16N4O.C6H5Br2NO/c1-19(2)31(45)41-9-10-42-23(17-41)14-28(39-42)38-27-12-21(16-40(6)32(27)46)24-7-8-36-30(25(24)18-44)43-33(47)29-20(15-37-43)11-22(13-26(29)35)34(3,4)5;1-14(2)19(29)27-8-9-28-16(13-27)11-18(25-28)24-17-10-15(12-26(7)20(17)30)23-31-21(3,4)22(5,6)32-23;1-10(2)15(23)21-4-5-22-12(9-21)7-14(19-22)18-13-6-11(17)8-20(3)16(13)24;1-7(2)10(15)12-3-4-13-8(6-12)5-9(11-13)14(16)17;1-7(2)10(15)13-3-4-14-8(6-13)5-9(11)12-14;1-9-3-4(7)2-5(8)6(9)10/h7-8,11-16,18-19H,9-10,17H2,1-6H3,(H,38,39);10-12,14H,8-9,13H2,1-7H3,(H,24,25);6-8,10H,4-5,9H2,1-3H3,(H,18,19);5,7H,3-4,6H2,1-2H3;5,7H,3-4,6H2,1-2H3,(H2,11,12);2-3H,1H3. The number of nitrogens with zero attached hydrogens (tertiary/aromatic N) is 23. The molecular weight excluding hydrogens is 2060 g/mol. The Bertz CT molecular complexity index is 7250. The van der Waals surface area contributed by atoms with E-state index >= 15 is 4.39 Å². The molecule has 770 valence electrons. The molecule has 1 aromatic carbocycles. The Morgan fingerprint density at radius 1 is 0.497 bits per heavy atom. The molecule has 0 bridgehead atoms. The number of aldehydes is 1. The highest BCUT2D eigenvalue weighted by atomic mass is 79.9. The van der Waals surface area contributed by atoms with Crippen LogP contribution in [0.2, 0.25) is 0 Å². The predicted octanol–water partition coefficient (Wildman–Crippen LogP) is 11.2. The quantitative estimate of drug-likeness (QED) is 0.0302. The molecule has 6 aliphatic heterocycles. The van der Waals surface area contributed by atoms with Crippen LogP contribution in [-0.2, 0) is 132 Å². The molecule has 6 aliphatic rings. The normalized spacial score (nSPS) is 14.9. The minimum Gasteiger partial charge on any atom is -0.399 e. The number of amides is 5. The summed E-state index contributed by atoms with van der Waals surface area (Å²) >= 11 is 9.78. The van der Waals surface area contributed by atoms with Gasteiger partial charge in [-0.1, -0.05) is 90.0 Å². The van der Waals surface area contributed by atoms with E-state index in [0.29, 0.717) is 153 Å². The summed E-state index contributed by atoms with van der Waals surface area (Å²) in [4.78, 5) is 159. The van der Waals surface area contributed by atoms with Gasteiger partial charge in [0.2, 0.25) is 29.5 Å². The monoisotopic (exact) mass is 2180 g/mol. The van der Waals surface area contributed by atoms with Crippen molar-refractivity contribution < 1.29 is 47.4 Å². The Labute approximate surface area is 861 Å². The van der Waals surface area contributed by atoms with Crippen molar-refractivity contribution >= 4 is 153 Å². The van der Waals surface area contributed by atoms with Crippen molar-refractivity contribution in [2.45, 2.75) is 200 Å². The van der Waals surface area contributed by atoms with Crippen LogP contribution in [-0.4, -0.2) is 198 Å². The van der Waals surface area contributed by atoms with Crippen molar-refractivity contribution in [3.8, 4) is 16.9 Å². The number of nitrogen functional groups attached to an aromatic ring is 1. The third kappa shape index (κ3) is 24.9. The molecule has 0 atom stereocenters. The van der Waals surface area contributed by atoms with Gasteiger partial charge in [0, 0.05) is 171 Å². The number of nitrogens with one attached hydrogen (secondary N) is 3. The van der Waals surface area contributed by atoms with Gasteiger partial charge in [-0.2, -0.15) is 34.9 Å². The molecule has 0 saturated carbocycles. The first-order chi connectivity index (χ1) is 68.2. The molecule has 5 N–H and O–H groups in total. The summed E-state index contributed by atoms with van der Waals surface area (Å²) in [5.41, 5.74) is 10.8. The summed E-state index contributed by atoms with van der Waals surface area (Å²) in [5.74, 6) is 1.68. The lowest BCUT2D eigenvalue weighted by Gasteiger charge is -2.32. The van der Waals surface area contributed by atoms with Crippen LogP contribution in [0.15, 0.2) is 147 Å². The predicted molar refractivity (Wildman–Crippen MR) is 557 cm³/mol. The van der Waals surface area contributed by atoms with E-state index < -0.39 is 34.6 Å². The highest BCUT2D eigenvalue weighted by Crippen LogP contribution is 2.38. The number of hydrogen-bond acceptors (Lipinski definition) is 26. The van der Waals surface area contributed by atoms with E-state index in [-0.39, 0.29) is 115 Å². The summed E-state index contributed by atoms with van der Waals surface area (Å²) in [7, 11) is 6.12. The molecule has 42 nitrogen and oxygen atoms in total. The number of anilines is 7. The van der Waals surface area contributed by atoms with Gasteiger partial charge in [-0.05, 0) is 139 Å². The lowest BCUT2D eigenvalue weighted by atomic mass is 9.80. The molecule has 0 spiro atoms. The zero-order valence-electron chi connectivity index (χ0n) is 85.0. The summed E-state index contributed by atoms with van der Waals surface area (Å²) in [6.07, 6.45) is 10.1. The number of fused-ring (bicyclic) bond motifs is 6. The second-order valence-electron chi connectivity index (χ2n) is 39.8. The van der Waals surface area contributed by atoms with Gasteiger partial charge in [0.1, 0.15) is 28.7 Å². The fraction of sp³-hybridized carbons (Fsp3) is 0.449. The molecule has 12 aromatic rings. The van der Waals surface area contributed by atoms with Crippen molar-refractivity contribution in [2.24, 2.45) is 57.8 Å². The lowest BCUT2D eigenvalue weighted by molar-refractivity contribution is -0.389. The number of halogens is 4. The highest BCUT2D eigenvalue weighted by Gasteiger charge is 2.52. The summed E-state index contributed by atoms with van der Waals surface area (Å²) < 4.78 is 45.8. The average Bonchev–Trinajstić information content (AvgIpc) is 1.64. The van der Waals surface area contributed by atoms with Crippen molar-refractivity contribution in [1.82, 2.24) is 106 Å². The first kappa shape index (κ1) is 109. The number of rotatable bonds is 16. The number of pyridine rings is 5. The third-order valence-corrected chi connectivity index (χ3v) is 26.9. The first-order valence-corrected chi connectivity index (χ1v) is 49.8. The van der Waals surface area contributed by atoms with Gasteiger partial charge in [0.25, 0.3) is 27.8 Å². The van der Waals surface area contributed by atoms with Gasteiger partial charge in [0.15, 0.2) is 29.6 Å². The molecule has 1 saturated heterocycles. The zero-order chi connectivity index (χ0) is 106. The number of carbonyl (C=O) groups excluding carboxylic acids is 6. The van der Waals surface area contributed by atoms with Crippen LogP contribution in [0.25, 0.3) is 27.7 Å². The molecule has 1 fully saturated rings. The van der Waals surface area contributed by atoms with Gasteiger partial charge in [-0.3, -0.25) is 71.5 Å². The third-order valence-electron chi connectivity index (χ3n) is 25.5. The number of carbonyl (C=O) groups is 6. The molecule has 0 unspecified atom stereocenters. The smallest absolute Gasteiger partial charge is 0.399 e. The molecular formula is C98H122BBr3FN27O15. The van der Waals surface area contributed by atoms with Gasteiger partial charge >= 0.3 is 12.9 Å². The summed E-state index contributed by atoms with van der Waals surface area (Å²) in [5, 5.41) is 46.0. The minimum atomic E-state index is -0.756. The largest absolute Gasteiger partial charge is 0.496 e. The average molecular weight is 2190 g/mol. The number of hydrogen-bond donors (Lipinski definition) is 4. The summed E-state index contributed by atoms with van der Waals surface area (Å²) in [6.45, 7) is 41.4. The Kier molecular flexibility index (Phi) is 33.3. The number of aromatic nitrogens is 17. The zero-order valence-corrected chi connectivity index (χ0v) is 89.8. The Balaban J connectivity index is 0.000000156. The lowest BCUT2D eigenvalue weighted by Crippen LogP contribution is -2.41. The van der Waals surface area contributed by atoms with Gasteiger partial charge in [0.05, 0.1) is 138 Å². The van der Waals surface area contributed by atoms with E-state index in [4.69, 9.17) is 15.0 Å². The van der Waals surface area contributed by atoms with Crippen LogP contribution in [0.5, 0.6) is 0 Å². The second kappa shape index (κ2) is 44.5. The molecule has 18 rings (SSSR count). The first-order valence-electron chi connectivity index (χ1n) is 47.5. The fourth-order valence-electron chi connectivity index (χ4n) is 16.9. The summed E-state index contributed by atoms with van der Waals surface area (Å²) in [6, 6.07) is 20.3. The molecule has 11 aromatic heterocycles. The van der Waals surface area contributed by atoms with Crippen LogP contribution in [0.1, 0.15) is 162 Å². The second-order valence-corrected chi connectivity index (χ2v) is 42.5. The van der Waals surface area contributed by atoms with Crippen molar-refractivity contribution in [3.05, 3.63) is 231 Å². The number of aryl methyl sites for hydroxylation is 4. The molecule has 0 radical (unpaired) electrons. The molecule has 47 heteroatoms. The van der Waals surface area contributed by atoms with Crippen LogP contribution < -0.4 is 54.9 Å². The van der Waals surface area contributed by atoms with Crippen LogP contribution in [0.3, 0.4) is 0 Å². The SMILES string of the molecule is CC(C)C(=O)N1CCn2nc(N)cc2C1.CC(C)C(=O)N1CCn2nc(Nc3cc(-c4ccnc(-n5ncc6cc(C(C)(C)C)cc(F)c6c5=O)c4C=O)cn(C)c3=O)cc2C1.CC(C)C(=O)N1CCn2nc(Nc3cc(B4OC(C)(C)C(C)(C)O4)cn(C)c3=O)cc2C1.CC(C)C(=O)N1CCn2nc(Nc3cc(Br)cn(C)c3=O)cc2C1.CC(C)C(=O)N1CCn2nc([N+](=O)[O-])cc2C1.Cn1cc(Br)cc(Br)c1=O. The Morgan fingerprint density at radius 3 is 1.29 bits per heavy atom. The highest BCUT2D eigenvalue weighted by molar-refractivity contribution is 9.11. The van der Waals surface area contributed by atoms with E-state index in [0.717, 1.165) is 60.6 Å². The number of benzene rings is 1. The maximum absolute atomic E-state index is 15.3. The van der Waals surface area contributed by atoms with Crippen molar-refractivity contribution in [3.63, 3.8) is 0 Å². The van der Waals surface area contributed by atoms with Crippen molar-refractivity contribution in [1.29, 1.82) is 0 Å². The fourth-order valence-corrected chi connectivity index (χ4v) is 18.8.